The molecule has 136 valence electrons. The summed E-state index contributed by atoms with van der Waals surface area (Å²) in [4.78, 5) is 14.0. The Morgan fingerprint density at radius 1 is 1.04 bits per heavy atom. The summed E-state index contributed by atoms with van der Waals surface area (Å²) in [6.45, 7) is 8.69. The molecule has 0 radical (unpaired) electrons. The van der Waals surface area contributed by atoms with E-state index in [0.29, 0.717) is 10.8 Å². The van der Waals surface area contributed by atoms with Crippen LogP contribution in [0.5, 0.6) is 0 Å². The minimum Gasteiger partial charge on any atom is -0.393 e. The van der Waals surface area contributed by atoms with Crippen molar-refractivity contribution in [3.05, 3.63) is 0 Å². The number of hydrogen-bond donors (Lipinski definition) is 1. The molecule has 24 heavy (non-hydrogen) atoms. The minimum atomic E-state index is -0.0488. The van der Waals surface area contributed by atoms with E-state index in [1.807, 2.05) is 0 Å². The zero-order chi connectivity index (χ0) is 17.1. The summed E-state index contributed by atoms with van der Waals surface area (Å²) in [5.74, 6) is 3.51. The first kappa shape index (κ1) is 16.9. The Labute approximate surface area is 147 Å². The summed E-state index contributed by atoms with van der Waals surface area (Å²) in [5.41, 5.74) is 0.795. The highest BCUT2D eigenvalue weighted by atomic mass is 16.3. The van der Waals surface area contributed by atoms with Gasteiger partial charge in [0.05, 0.1) is 6.10 Å². The van der Waals surface area contributed by atoms with Gasteiger partial charge in [-0.15, -0.1) is 0 Å². The third kappa shape index (κ3) is 2.45. The van der Waals surface area contributed by atoms with E-state index in [1.165, 1.54) is 38.5 Å². The van der Waals surface area contributed by atoms with Gasteiger partial charge in [-0.2, -0.15) is 0 Å². The molecule has 4 rings (SSSR count). The van der Waals surface area contributed by atoms with Crippen LogP contribution < -0.4 is 0 Å². The number of amides is 1. The van der Waals surface area contributed by atoms with Crippen molar-refractivity contribution in [3.8, 4) is 0 Å². The highest BCUT2D eigenvalue weighted by molar-refractivity contribution is 5.73. The summed E-state index contributed by atoms with van der Waals surface area (Å²) in [5, 5.41) is 10.1. The van der Waals surface area contributed by atoms with Gasteiger partial charge in [0.1, 0.15) is 0 Å². The smallest absolute Gasteiger partial charge is 0.219 e. The largest absolute Gasteiger partial charge is 0.393 e. The number of aliphatic hydroxyl groups is 1. The van der Waals surface area contributed by atoms with Gasteiger partial charge in [-0.25, -0.2) is 0 Å². The normalized spacial score (nSPS) is 51.3. The Bertz CT molecular complexity index is 520. The number of likely N-dealkylation sites (tertiary alicyclic amines) is 1. The van der Waals surface area contributed by atoms with Crippen LogP contribution in [0.15, 0.2) is 0 Å². The third-order valence-electron chi connectivity index (χ3n) is 8.86. The first-order chi connectivity index (χ1) is 11.3. The number of rotatable bonds is 0. The summed E-state index contributed by atoms with van der Waals surface area (Å²) < 4.78 is 0. The van der Waals surface area contributed by atoms with E-state index in [9.17, 15) is 9.90 Å². The van der Waals surface area contributed by atoms with Crippen molar-refractivity contribution in [1.82, 2.24) is 4.90 Å². The summed E-state index contributed by atoms with van der Waals surface area (Å²) in [6, 6.07) is 0. The highest BCUT2D eigenvalue weighted by Gasteiger charge is 2.57. The molecule has 1 heterocycles. The van der Waals surface area contributed by atoms with Crippen molar-refractivity contribution < 1.29 is 9.90 Å². The number of hydrogen-bond acceptors (Lipinski definition) is 2. The quantitative estimate of drug-likeness (QED) is 0.731. The fourth-order valence-corrected chi connectivity index (χ4v) is 7.47. The lowest BCUT2D eigenvalue weighted by atomic mass is 9.44. The van der Waals surface area contributed by atoms with E-state index in [4.69, 9.17) is 0 Å². The maximum absolute atomic E-state index is 11.9. The molecule has 1 aliphatic heterocycles. The molecule has 1 N–H and O–H groups in total. The van der Waals surface area contributed by atoms with Gasteiger partial charge in [-0.3, -0.25) is 4.79 Å². The number of fused-ring (bicyclic) bond motifs is 5. The first-order valence-electron chi connectivity index (χ1n) is 10.3. The van der Waals surface area contributed by atoms with Gasteiger partial charge in [0.15, 0.2) is 0 Å². The Hall–Kier alpha value is -0.570. The monoisotopic (exact) mass is 333 g/mol. The predicted molar refractivity (Wildman–Crippen MR) is 95.4 cm³/mol. The number of piperidine rings is 1. The minimum absolute atomic E-state index is 0.0488. The number of nitrogens with zero attached hydrogens (tertiary/aromatic N) is 1. The lowest BCUT2D eigenvalue weighted by Gasteiger charge is -2.63. The fourth-order valence-electron chi connectivity index (χ4n) is 7.47. The van der Waals surface area contributed by atoms with Crippen LogP contribution in [0.3, 0.4) is 0 Å². The van der Waals surface area contributed by atoms with Crippen LogP contribution in [0.4, 0.5) is 0 Å². The average molecular weight is 334 g/mol. The molecule has 3 aliphatic carbocycles. The average Bonchev–Trinajstić information content (AvgIpc) is 2.54. The Morgan fingerprint density at radius 2 is 1.83 bits per heavy atom. The second kappa shape index (κ2) is 5.72. The lowest BCUT2D eigenvalue weighted by molar-refractivity contribution is -0.155. The standard InChI is InChI=1S/C21H35NO2/c1-14(23)22-11-8-18-17-5-4-15-12-16(24)6-10-21(15,3)19(17)7-9-20(18,2)13-22/h15-19,24H,4-13H2,1-3H3/t15-,16+,17-,18-,19-,20+,21-/m0/s1. The molecule has 3 nitrogen and oxygen atoms in total. The van der Waals surface area contributed by atoms with E-state index in [-0.39, 0.29) is 12.0 Å². The van der Waals surface area contributed by atoms with Crippen molar-refractivity contribution in [2.75, 3.05) is 13.1 Å². The van der Waals surface area contributed by atoms with E-state index in [2.05, 4.69) is 18.7 Å². The van der Waals surface area contributed by atoms with Gasteiger partial charge in [0, 0.05) is 20.0 Å². The van der Waals surface area contributed by atoms with Crippen molar-refractivity contribution in [2.45, 2.75) is 78.2 Å². The van der Waals surface area contributed by atoms with Gasteiger partial charge in [-0.05, 0) is 85.9 Å². The molecule has 4 aliphatic rings. The lowest BCUT2D eigenvalue weighted by Crippen LogP contribution is -2.59. The van der Waals surface area contributed by atoms with E-state index >= 15 is 0 Å². The molecule has 0 bridgehead atoms. The van der Waals surface area contributed by atoms with E-state index in [0.717, 1.165) is 49.6 Å². The van der Waals surface area contributed by atoms with Crippen LogP contribution >= 0.6 is 0 Å². The number of aliphatic hydroxyl groups excluding tert-OH is 1. The first-order valence-corrected chi connectivity index (χ1v) is 10.3. The van der Waals surface area contributed by atoms with Gasteiger partial charge >= 0.3 is 0 Å². The fraction of sp³-hybridized carbons (Fsp3) is 0.952. The SMILES string of the molecule is CC(=O)N1CC[C@H]2[C@@H]3CC[C@H]4C[C@H](O)CC[C@]4(C)[C@H]3CC[C@]2(C)C1. The van der Waals surface area contributed by atoms with Crippen LogP contribution in [0.25, 0.3) is 0 Å². The third-order valence-corrected chi connectivity index (χ3v) is 8.86. The zero-order valence-corrected chi connectivity index (χ0v) is 15.8. The van der Waals surface area contributed by atoms with Crippen LogP contribution in [0.2, 0.25) is 0 Å². The molecule has 3 heteroatoms. The van der Waals surface area contributed by atoms with Gasteiger partial charge < -0.3 is 10.0 Å². The molecular weight excluding hydrogens is 298 g/mol. The topological polar surface area (TPSA) is 40.5 Å². The maximum atomic E-state index is 11.9. The summed E-state index contributed by atoms with van der Waals surface area (Å²) in [7, 11) is 0. The van der Waals surface area contributed by atoms with Gasteiger partial charge in [-0.1, -0.05) is 13.8 Å². The van der Waals surface area contributed by atoms with Gasteiger partial charge in [0.2, 0.25) is 5.91 Å². The van der Waals surface area contributed by atoms with Crippen molar-refractivity contribution >= 4 is 5.91 Å². The van der Waals surface area contributed by atoms with Crippen LogP contribution in [-0.4, -0.2) is 35.1 Å². The maximum Gasteiger partial charge on any atom is 0.219 e. The molecule has 4 fully saturated rings. The van der Waals surface area contributed by atoms with Crippen molar-refractivity contribution in [1.29, 1.82) is 0 Å². The predicted octanol–water partition coefficient (Wildman–Crippen LogP) is 3.85. The van der Waals surface area contributed by atoms with Crippen LogP contribution in [0.1, 0.15) is 72.1 Å². The molecule has 7 atom stereocenters. The molecule has 0 spiro atoms. The van der Waals surface area contributed by atoms with Crippen LogP contribution in [-0.2, 0) is 4.79 Å². The number of carbonyl (C=O) groups excluding carboxylic acids is 1. The molecule has 0 unspecified atom stereocenters. The molecule has 0 aromatic rings. The molecule has 3 saturated carbocycles. The van der Waals surface area contributed by atoms with E-state index < -0.39 is 0 Å². The van der Waals surface area contributed by atoms with Crippen molar-refractivity contribution in [3.63, 3.8) is 0 Å². The summed E-state index contributed by atoms with van der Waals surface area (Å²) in [6.07, 6.45) is 9.74. The highest BCUT2D eigenvalue weighted by Crippen LogP contribution is 2.64. The zero-order valence-electron chi connectivity index (χ0n) is 15.8. The Morgan fingerprint density at radius 3 is 2.58 bits per heavy atom. The Kier molecular flexibility index (Phi) is 4.02. The second-order valence-electron chi connectivity index (χ2n) is 10.0. The van der Waals surface area contributed by atoms with Crippen LogP contribution in [0, 0.1) is 34.5 Å². The molecule has 1 saturated heterocycles. The number of carbonyl (C=O) groups is 1. The molecule has 0 aromatic carbocycles. The molecule has 0 aromatic heterocycles. The van der Waals surface area contributed by atoms with Crippen molar-refractivity contribution in [2.24, 2.45) is 34.5 Å². The second-order valence-corrected chi connectivity index (χ2v) is 10.0. The Balaban J connectivity index is 1.57. The summed E-state index contributed by atoms with van der Waals surface area (Å²) >= 11 is 0. The molecule has 1 amide bonds. The molecular formula is C21H35NO2. The van der Waals surface area contributed by atoms with Gasteiger partial charge in [0.25, 0.3) is 0 Å². The van der Waals surface area contributed by atoms with E-state index in [1.54, 1.807) is 6.92 Å².